The maximum Gasteiger partial charge on any atom is 0.251 e. The third-order valence-electron chi connectivity index (χ3n) is 5.26. The van der Waals surface area contributed by atoms with Gasteiger partial charge in [-0.2, -0.15) is 0 Å². The number of hydrogen-bond acceptors (Lipinski definition) is 4. The monoisotopic (exact) mass is 409 g/mol. The van der Waals surface area contributed by atoms with E-state index >= 15 is 0 Å². The van der Waals surface area contributed by atoms with Crippen LogP contribution in [0.3, 0.4) is 0 Å². The summed E-state index contributed by atoms with van der Waals surface area (Å²) in [6.07, 6.45) is 3.68. The van der Waals surface area contributed by atoms with Crippen molar-refractivity contribution in [3.8, 4) is 0 Å². The molecule has 1 saturated carbocycles. The lowest BCUT2D eigenvalue weighted by Crippen LogP contribution is -2.24. The van der Waals surface area contributed by atoms with Crippen molar-refractivity contribution < 1.29 is 4.79 Å². The highest BCUT2D eigenvalue weighted by Gasteiger charge is 2.28. The third kappa shape index (κ3) is 3.67. The Morgan fingerprint density at radius 3 is 2.57 bits per heavy atom. The number of amides is 1. The van der Waals surface area contributed by atoms with Gasteiger partial charge < -0.3 is 9.88 Å². The highest BCUT2D eigenvalue weighted by molar-refractivity contribution is 8.16. The first-order valence-electron chi connectivity index (χ1n) is 9.87. The largest absolute Gasteiger partial charge is 0.345 e. The van der Waals surface area contributed by atoms with Gasteiger partial charge in [-0.3, -0.25) is 4.79 Å². The Hall–Kier alpha value is -1.92. The number of fused-ring (bicyclic) bond motifs is 1. The molecule has 0 unspecified atom stereocenters. The topological polar surface area (TPSA) is 46.9 Å². The van der Waals surface area contributed by atoms with Crippen molar-refractivity contribution >= 4 is 40.5 Å². The second-order valence-corrected chi connectivity index (χ2v) is 10.1. The number of nitrogens with zero attached hydrogens (tertiary/aromatic N) is 2. The van der Waals surface area contributed by atoms with Crippen LogP contribution in [0.1, 0.15) is 51.6 Å². The summed E-state index contributed by atoms with van der Waals surface area (Å²) in [5.41, 5.74) is 4.19. The molecule has 1 aromatic heterocycles. The van der Waals surface area contributed by atoms with Crippen LogP contribution in [0.25, 0.3) is 11.0 Å². The number of hydrogen-bond donors (Lipinski definition) is 1. The fourth-order valence-corrected chi connectivity index (χ4v) is 6.59. The van der Waals surface area contributed by atoms with E-state index in [4.69, 9.17) is 4.98 Å². The van der Waals surface area contributed by atoms with Crippen molar-refractivity contribution in [1.82, 2.24) is 14.9 Å². The number of benzene rings is 2. The van der Waals surface area contributed by atoms with Crippen molar-refractivity contribution in [3.63, 3.8) is 0 Å². The Labute approximate surface area is 173 Å². The highest BCUT2D eigenvalue weighted by Crippen LogP contribution is 2.43. The molecule has 0 spiro atoms. The zero-order chi connectivity index (χ0) is 18.9. The first-order valence-corrected chi connectivity index (χ1v) is 12.0. The van der Waals surface area contributed by atoms with E-state index in [2.05, 4.69) is 34.1 Å². The molecule has 6 heteroatoms. The first-order chi connectivity index (χ1) is 13.8. The average molecular weight is 410 g/mol. The lowest BCUT2D eigenvalue weighted by atomic mass is 10.1. The van der Waals surface area contributed by atoms with Gasteiger partial charge in [0.2, 0.25) is 0 Å². The van der Waals surface area contributed by atoms with Crippen LogP contribution in [-0.2, 0) is 6.54 Å². The summed E-state index contributed by atoms with van der Waals surface area (Å²) in [5.74, 6) is 3.36. The average Bonchev–Trinajstić information content (AvgIpc) is 3.52. The van der Waals surface area contributed by atoms with E-state index in [1.807, 2.05) is 47.8 Å². The molecular weight excluding hydrogens is 386 g/mol. The van der Waals surface area contributed by atoms with Gasteiger partial charge in [-0.25, -0.2) is 4.98 Å². The van der Waals surface area contributed by atoms with E-state index in [1.165, 1.54) is 41.8 Å². The number of nitrogens with one attached hydrogen (secondary N) is 1. The minimum atomic E-state index is -0.0371. The smallest absolute Gasteiger partial charge is 0.251 e. The molecule has 3 aromatic rings. The summed E-state index contributed by atoms with van der Waals surface area (Å²) in [6.45, 7) is 0.458. The van der Waals surface area contributed by atoms with Crippen LogP contribution in [0.15, 0.2) is 48.5 Å². The molecule has 144 valence electrons. The van der Waals surface area contributed by atoms with Crippen LogP contribution < -0.4 is 5.32 Å². The van der Waals surface area contributed by atoms with Gasteiger partial charge in [-0.1, -0.05) is 24.3 Å². The number of carbonyl (C=O) groups is 1. The Morgan fingerprint density at radius 1 is 1.07 bits per heavy atom. The number of carbonyl (C=O) groups excluding carboxylic acids is 1. The second-order valence-electron chi connectivity index (χ2n) is 7.35. The van der Waals surface area contributed by atoms with Gasteiger partial charge >= 0.3 is 0 Å². The lowest BCUT2D eigenvalue weighted by Gasteiger charge is -2.21. The molecule has 1 saturated heterocycles. The van der Waals surface area contributed by atoms with Gasteiger partial charge in [0.15, 0.2) is 0 Å². The first kappa shape index (κ1) is 18.1. The van der Waals surface area contributed by atoms with Crippen LogP contribution in [-0.4, -0.2) is 27.0 Å². The van der Waals surface area contributed by atoms with Crippen molar-refractivity contribution in [2.75, 3.05) is 11.5 Å². The molecule has 4 nitrogen and oxygen atoms in total. The second kappa shape index (κ2) is 7.84. The molecule has 1 amide bonds. The molecule has 2 aliphatic rings. The van der Waals surface area contributed by atoms with E-state index in [-0.39, 0.29) is 5.91 Å². The predicted octanol–water partition coefficient (Wildman–Crippen LogP) is 5.17. The molecule has 5 rings (SSSR count). The summed E-state index contributed by atoms with van der Waals surface area (Å²) >= 11 is 4.00. The van der Waals surface area contributed by atoms with Crippen molar-refractivity contribution in [2.24, 2.45) is 0 Å². The fourth-order valence-electron chi connectivity index (χ4n) is 3.69. The van der Waals surface area contributed by atoms with Crippen molar-refractivity contribution in [3.05, 3.63) is 65.5 Å². The quantitative estimate of drug-likeness (QED) is 0.631. The molecular formula is C22H23N3OS2. The maximum absolute atomic E-state index is 12.7. The molecule has 0 atom stereocenters. The Kier molecular flexibility index (Phi) is 5.07. The van der Waals surface area contributed by atoms with Crippen LogP contribution in [0, 0.1) is 0 Å². The van der Waals surface area contributed by atoms with E-state index in [1.54, 1.807) is 0 Å². The predicted molar refractivity (Wildman–Crippen MR) is 118 cm³/mol. The van der Waals surface area contributed by atoms with Gasteiger partial charge in [0.05, 0.1) is 22.2 Å². The zero-order valence-electron chi connectivity index (χ0n) is 15.6. The minimum absolute atomic E-state index is 0.0371. The molecule has 2 aromatic carbocycles. The van der Waals surface area contributed by atoms with Gasteiger partial charge in [0.1, 0.15) is 5.82 Å². The SMILES string of the molecule is O=C(NCc1nc2ccccc2n1C1CC1)c1ccc(C2SCCCS2)cc1. The van der Waals surface area contributed by atoms with E-state index < -0.39 is 0 Å². The molecule has 2 fully saturated rings. The molecule has 1 aliphatic carbocycles. The van der Waals surface area contributed by atoms with Gasteiger partial charge in [-0.05, 0) is 60.6 Å². The summed E-state index contributed by atoms with van der Waals surface area (Å²) in [7, 11) is 0. The molecule has 0 bridgehead atoms. The number of aromatic nitrogens is 2. The molecule has 28 heavy (non-hydrogen) atoms. The standard InChI is InChI=1S/C22H23N3OS2/c26-21(15-6-8-16(9-7-15)22-27-12-3-13-28-22)23-14-20-24-18-4-1-2-5-19(18)25(20)17-10-11-17/h1-2,4-9,17,22H,3,10-14H2,(H,23,26). The Balaban J connectivity index is 1.29. The van der Waals surface area contributed by atoms with E-state index in [0.29, 0.717) is 22.7 Å². The summed E-state index contributed by atoms with van der Waals surface area (Å²) in [4.78, 5) is 17.4. The van der Waals surface area contributed by atoms with Crippen LogP contribution in [0.2, 0.25) is 0 Å². The van der Waals surface area contributed by atoms with Gasteiger partial charge in [0.25, 0.3) is 5.91 Å². The molecule has 1 N–H and O–H groups in total. The Morgan fingerprint density at radius 2 is 1.82 bits per heavy atom. The van der Waals surface area contributed by atoms with Gasteiger partial charge in [-0.15, -0.1) is 23.5 Å². The molecule has 2 heterocycles. The maximum atomic E-state index is 12.7. The van der Waals surface area contributed by atoms with Crippen molar-refractivity contribution in [1.29, 1.82) is 0 Å². The number of rotatable bonds is 5. The number of para-hydroxylation sites is 2. The van der Waals surface area contributed by atoms with Crippen LogP contribution in [0.4, 0.5) is 0 Å². The fraction of sp³-hybridized carbons (Fsp3) is 0.364. The van der Waals surface area contributed by atoms with Gasteiger partial charge in [0, 0.05) is 11.6 Å². The summed E-state index contributed by atoms with van der Waals surface area (Å²) < 4.78 is 2.81. The van der Waals surface area contributed by atoms with Crippen LogP contribution in [0.5, 0.6) is 0 Å². The highest BCUT2D eigenvalue weighted by atomic mass is 32.2. The number of thioether (sulfide) groups is 2. The zero-order valence-corrected chi connectivity index (χ0v) is 17.3. The van der Waals surface area contributed by atoms with E-state index in [0.717, 1.165) is 11.3 Å². The number of imidazole rings is 1. The lowest BCUT2D eigenvalue weighted by molar-refractivity contribution is 0.0949. The minimum Gasteiger partial charge on any atom is -0.345 e. The normalized spacial score (nSPS) is 17.7. The molecule has 1 aliphatic heterocycles. The summed E-state index contributed by atoms with van der Waals surface area (Å²) in [6, 6.07) is 16.9. The van der Waals surface area contributed by atoms with E-state index in [9.17, 15) is 4.79 Å². The third-order valence-corrected chi connectivity index (χ3v) is 8.28. The summed E-state index contributed by atoms with van der Waals surface area (Å²) in [5, 5.41) is 3.07. The molecule has 0 radical (unpaired) electrons. The van der Waals surface area contributed by atoms with Crippen LogP contribution >= 0.6 is 23.5 Å². The Bertz CT molecular complexity index is 989. The van der Waals surface area contributed by atoms with Crippen molar-refractivity contribution in [2.45, 2.75) is 36.4 Å².